The Bertz CT molecular complexity index is 1290. The van der Waals surface area contributed by atoms with E-state index in [9.17, 15) is 9.59 Å². The van der Waals surface area contributed by atoms with Crippen molar-refractivity contribution in [3.8, 4) is 0 Å². The molecule has 3 aliphatic heterocycles. The number of hydrazine groups is 1. The van der Waals surface area contributed by atoms with Crippen molar-refractivity contribution in [2.24, 2.45) is 10.2 Å². The second-order valence-corrected chi connectivity index (χ2v) is 10.4. The number of anilines is 2. The van der Waals surface area contributed by atoms with E-state index >= 15 is 0 Å². The summed E-state index contributed by atoms with van der Waals surface area (Å²) < 4.78 is 5.33. The second kappa shape index (κ2) is 10.3. The SMILES string of the molecule is CN(C)C1CCN(c2ccc(C3=C4C(=O)c5c(NC(=O)NN6CCOCC6)cccc5C4N=N3)cc2)CC1. The summed E-state index contributed by atoms with van der Waals surface area (Å²) in [5, 5.41) is 13.6. The van der Waals surface area contributed by atoms with E-state index in [2.05, 4.69) is 57.0 Å². The van der Waals surface area contributed by atoms with Crippen LogP contribution in [-0.4, -0.2) is 81.3 Å². The standard InChI is InChI=1S/C28H33N7O3/c1-33(2)19-10-12-34(13-11-19)20-8-6-18(7-9-20)25-24-26(31-30-25)21-4-3-5-22(23(21)27(24)36)29-28(37)32-35-14-16-38-17-15-35/h3-9,19,26H,10-17H2,1-2H3,(H2,29,32,37). The monoisotopic (exact) mass is 515 g/mol. The number of piperidine rings is 1. The van der Waals surface area contributed by atoms with Gasteiger partial charge in [-0.2, -0.15) is 10.2 Å². The van der Waals surface area contributed by atoms with Crippen LogP contribution in [0.1, 0.15) is 40.4 Å². The number of hydrogen-bond acceptors (Lipinski definition) is 8. The van der Waals surface area contributed by atoms with Gasteiger partial charge in [0.1, 0.15) is 11.7 Å². The fourth-order valence-corrected chi connectivity index (χ4v) is 5.75. The number of rotatable bonds is 5. The molecule has 2 aromatic rings. The van der Waals surface area contributed by atoms with Gasteiger partial charge >= 0.3 is 6.03 Å². The first-order valence-corrected chi connectivity index (χ1v) is 13.2. The van der Waals surface area contributed by atoms with Gasteiger partial charge in [-0.3, -0.25) is 10.2 Å². The van der Waals surface area contributed by atoms with Crippen LogP contribution in [0.2, 0.25) is 0 Å². The van der Waals surface area contributed by atoms with E-state index in [1.165, 1.54) is 5.69 Å². The lowest BCUT2D eigenvalue weighted by molar-refractivity contribution is 0.0207. The lowest BCUT2D eigenvalue weighted by atomic mass is 10.0. The van der Waals surface area contributed by atoms with E-state index in [4.69, 9.17) is 4.74 Å². The third-order valence-electron chi connectivity index (χ3n) is 7.88. The molecule has 0 bridgehead atoms. The van der Waals surface area contributed by atoms with E-state index in [0.29, 0.717) is 54.9 Å². The normalized spacial score (nSPS) is 21.7. The maximum absolute atomic E-state index is 13.7. The Morgan fingerprint density at radius 3 is 2.47 bits per heavy atom. The fraction of sp³-hybridized carbons (Fsp3) is 0.429. The molecule has 0 spiro atoms. The number of fused-ring (bicyclic) bond motifs is 3. The van der Waals surface area contributed by atoms with Crippen molar-refractivity contribution in [3.05, 3.63) is 64.7 Å². The Hall–Kier alpha value is -3.60. The molecular formula is C28H33N7O3. The number of carbonyl (C=O) groups is 2. The smallest absolute Gasteiger partial charge is 0.333 e. The van der Waals surface area contributed by atoms with E-state index < -0.39 is 6.04 Å². The number of hydrogen-bond donors (Lipinski definition) is 2. The molecule has 2 saturated heterocycles. The van der Waals surface area contributed by atoms with Crippen molar-refractivity contribution in [2.45, 2.75) is 24.9 Å². The molecule has 3 heterocycles. The molecule has 2 aromatic carbocycles. The predicted molar refractivity (Wildman–Crippen MR) is 145 cm³/mol. The Morgan fingerprint density at radius 2 is 1.76 bits per heavy atom. The summed E-state index contributed by atoms with van der Waals surface area (Å²) in [5.41, 5.74) is 7.80. The van der Waals surface area contributed by atoms with Gasteiger partial charge in [0.15, 0.2) is 5.78 Å². The topological polar surface area (TPSA) is 102 Å². The van der Waals surface area contributed by atoms with Gasteiger partial charge in [-0.1, -0.05) is 24.3 Å². The maximum Gasteiger partial charge on any atom is 0.333 e. The molecule has 4 aliphatic rings. The second-order valence-electron chi connectivity index (χ2n) is 10.4. The van der Waals surface area contributed by atoms with E-state index in [1.54, 1.807) is 6.07 Å². The van der Waals surface area contributed by atoms with E-state index in [-0.39, 0.29) is 11.8 Å². The van der Waals surface area contributed by atoms with Crippen LogP contribution in [0.15, 0.2) is 58.3 Å². The van der Waals surface area contributed by atoms with Crippen LogP contribution in [0.4, 0.5) is 16.2 Å². The molecule has 198 valence electrons. The van der Waals surface area contributed by atoms with E-state index in [0.717, 1.165) is 37.1 Å². The maximum atomic E-state index is 13.7. The molecule has 38 heavy (non-hydrogen) atoms. The molecule has 10 heteroatoms. The number of nitrogens with one attached hydrogen (secondary N) is 2. The summed E-state index contributed by atoms with van der Waals surface area (Å²) in [5.74, 6) is -0.137. The van der Waals surface area contributed by atoms with Crippen LogP contribution in [0.25, 0.3) is 5.70 Å². The summed E-state index contributed by atoms with van der Waals surface area (Å²) in [6, 6.07) is 13.6. The number of ketones is 1. The molecule has 2 fully saturated rings. The minimum Gasteiger partial charge on any atom is -0.379 e. The first kappa shape index (κ1) is 24.7. The highest BCUT2D eigenvalue weighted by Gasteiger charge is 2.42. The Labute approximate surface area is 222 Å². The third-order valence-corrected chi connectivity index (χ3v) is 7.88. The minimum absolute atomic E-state index is 0.137. The predicted octanol–water partition coefficient (Wildman–Crippen LogP) is 3.70. The Balaban J connectivity index is 1.20. The van der Waals surface area contributed by atoms with Crippen LogP contribution in [-0.2, 0) is 4.74 Å². The Kier molecular flexibility index (Phi) is 6.69. The van der Waals surface area contributed by atoms with Crippen LogP contribution >= 0.6 is 0 Å². The molecule has 0 saturated carbocycles. The zero-order valence-electron chi connectivity index (χ0n) is 21.8. The van der Waals surface area contributed by atoms with Crippen LogP contribution in [0.5, 0.6) is 0 Å². The summed E-state index contributed by atoms with van der Waals surface area (Å²) in [6.45, 7) is 4.43. The molecule has 1 atom stereocenters. The van der Waals surface area contributed by atoms with Gasteiger partial charge in [-0.05, 0) is 50.7 Å². The summed E-state index contributed by atoms with van der Waals surface area (Å²) in [6.07, 6.45) is 2.29. The van der Waals surface area contributed by atoms with Crippen molar-refractivity contribution in [1.82, 2.24) is 15.3 Å². The van der Waals surface area contributed by atoms with Crippen LogP contribution in [0, 0.1) is 0 Å². The molecule has 6 rings (SSSR count). The van der Waals surface area contributed by atoms with Gasteiger partial charge < -0.3 is 19.9 Å². The van der Waals surface area contributed by atoms with Crippen molar-refractivity contribution in [2.75, 3.05) is 63.7 Å². The highest BCUT2D eigenvalue weighted by Crippen LogP contribution is 2.49. The molecule has 1 unspecified atom stereocenters. The van der Waals surface area contributed by atoms with Crippen molar-refractivity contribution < 1.29 is 14.3 Å². The number of Topliss-reactive ketones (excluding diaryl/α,β-unsaturated/α-hetero) is 1. The molecule has 10 nitrogen and oxygen atoms in total. The number of nitrogens with zero attached hydrogens (tertiary/aromatic N) is 5. The highest BCUT2D eigenvalue weighted by molar-refractivity contribution is 6.22. The lowest BCUT2D eigenvalue weighted by Gasteiger charge is -2.36. The number of carbonyl (C=O) groups excluding carboxylic acids is 2. The van der Waals surface area contributed by atoms with Gasteiger partial charge in [-0.15, -0.1) is 0 Å². The van der Waals surface area contributed by atoms with Gasteiger partial charge in [0, 0.05) is 43.5 Å². The number of benzene rings is 2. The van der Waals surface area contributed by atoms with Crippen LogP contribution in [0.3, 0.4) is 0 Å². The van der Waals surface area contributed by atoms with E-state index in [1.807, 2.05) is 29.3 Å². The number of ether oxygens (including phenoxy) is 1. The zero-order chi connectivity index (χ0) is 26.2. The van der Waals surface area contributed by atoms with Crippen molar-refractivity contribution in [3.63, 3.8) is 0 Å². The number of azo groups is 1. The van der Waals surface area contributed by atoms with Gasteiger partial charge in [0.2, 0.25) is 0 Å². The largest absolute Gasteiger partial charge is 0.379 e. The summed E-state index contributed by atoms with van der Waals surface area (Å²) >= 11 is 0. The average Bonchev–Trinajstić information content (AvgIpc) is 3.49. The molecule has 0 radical (unpaired) electrons. The van der Waals surface area contributed by atoms with Crippen molar-refractivity contribution in [1.29, 1.82) is 0 Å². The fourth-order valence-electron chi connectivity index (χ4n) is 5.75. The third kappa shape index (κ3) is 4.59. The van der Waals surface area contributed by atoms with Gasteiger partial charge in [0.25, 0.3) is 0 Å². The zero-order valence-corrected chi connectivity index (χ0v) is 21.8. The first-order chi connectivity index (χ1) is 18.5. The molecule has 1 aliphatic carbocycles. The number of amides is 2. The molecule has 2 N–H and O–H groups in total. The average molecular weight is 516 g/mol. The van der Waals surface area contributed by atoms with Gasteiger partial charge in [0.05, 0.1) is 30.0 Å². The quantitative estimate of drug-likeness (QED) is 0.630. The molecular weight excluding hydrogens is 482 g/mol. The number of morpholine rings is 1. The number of urea groups is 1. The summed E-state index contributed by atoms with van der Waals surface area (Å²) in [7, 11) is 4.30. The minimum atomic E-state index is -0.443. The molecule has 2 amide bonds. The lowest BCUT2D eigenvalue weighted by Crippen LogP contribution is -2.49. The summed E-state index contributed by atoms with van der Waals surface area (Å²) in [4.78, 5) is 31.0. The Morgan fingerprint density at radius 1 is 1.03 bits per heavy atom. The molecule has 0 aromatic heterocycles. The highest BCUT2D eigenvalue weighted by atomic mass is 16.5. The van der Waals surface area contributed by atoms with Crippen molar-refractivity contribution >= 4 is 28.9 Å². The first-order valence-electron chi connectivity index (χ1n) is 13.2. The van der Waals surface area contributed by atoms with Crippen LogP contribution < -0.4 is 15.6 Å². The van der Waals surface area contributed by atoms with Gasteiger partial charge in [-0.25, -0.2) is 9.80 Å².